The van der Waals surface area contributed by atoms with Crippen molar-refractivity contribution in [1.29, 1.82) is 0 Å². The topological polar surface area (TPSA) is 61.2 Å². The van der Waals surface area contributed by atoms with E-state index in [2.05, 4.69) is 15.4 Å². The molecule has 0 saturated heterocycles. The summed E-state index contributed by atoms with van der Waals surface area (Å²) in [6, 6.07) is 14.1. The van der Waals surface area contributed by atoms with E-state index in [-0.39, 0.29) is 17.8 Å². The van der Waals surface area contributed by atoms with E-state index in [4.69, 9.17) is 9.47 Å². The zero-order valence-electron chi connectivity index (χ0n) is 14.5. The number of hydrogen-bond donors (Lipinski definition) is 1. The van der Waals surface area contributed by atoms with E-state index in [0.717, 1.165) is 11.3 Å². The smallest absolute Gasteiger partial charge is 0.387 e. The number of para-hydroxylation sites is 1. The van der Waals surface area contributed by atoms with Gasteiger partial charge in [0.05, 0.1) is 19.2 Å². The van der Waals surface area contributed by atoms with Gasteiger partial charge in [-0.05, 0) is 30.2 Å². The molecule has 0 radical (unpaired) electrons. The Labute approximate surface area is 154 Å². The van der Waals surface area contributed by atoms with Gasteiger partial charge in [0.1, 0.15) is 17.8 Å². The molecular formula is C19H18F2N4O2. The fourth-order valence-electron chi connectivity index (χ4n) is 3.41. The van der Waals surface area contributed by atoms with Gasteiger partial charge in [0.2, 0.25) is 5.95 Å². The van der Waals surface area contributed by atoms with Gasteiger partial charge in [-0.3, -0.25) is 0 Å². The summed E-state index contributed by atoms with van der Waals surface area (Å²) in [6.07, 6.45) is 2.03. The maximum atomic E-state index is 12.8. The molecule has 27 heavy (non-hydrogen) atoms. The molecule has 0 aliphatic carbocycles. The second-order valence-electron chi connectivity index (χ2n) is 6.17. The van der Waals surface area contributed by atoms with Crippen molar-refractivity contribution in [3.63, 3.8) is 0 Å². The standard InChI is InChI=1S/C19H18F2N4O2/c1-26-13-6-4-5-12(9-13)15-10-16(25-19(24-15)22-11-23-25)14-7-2-3-8-17(14)27-18(20)21/h2-9,11,15-16,18H,10H2,1H3,(H,22,23,24)/t15-,16-/m1/s1. The highest BCUT2D eigenvalue weighted by molar-refractivity contribution is 5.43. The molecule has 0 fully saturated rings. The largest absolute Gasteiger partial charge is 0.497 e. The Bertz CT molecular complexity index is 931. The Morgan fingerprint density at radius 2 is 2.04 bits per heavy atom. The maximum Gasteiger partial charge on any atom is 0.387 e. The second kappa shape index (κ2) is 7.22. The number of alkyl halides is 2. The summed E-state index contributed by atoms with van der Waals surface area (Å²) in [5, 5.41) is 7.62. The number of hydrogen-bond acceptors (Lipinski definition) is 5. The van der Waals surface area contributed by atoms with E-state index in [0.29, 0.717) is 17.9 Å². The van der Waals surface area contributed by atoms with Crippen LogP contribution >= 0.6 is 0 Å². The lowest BCUT2D eigenvalue weighted by Gasteiger charge is -2.32. The van der Waals surface area contributed by atoms with E-state index < -0.39 is 6.61 Å². The number of anilines is 1. The number of ether oxygens (including phenoxy) is 2. The molecular weight excluding hydrogens is 354 g/mol. The van der Waals surface area contributed by atoms with Crippen molar-refractivity contribution in [2.75, 3.05) is 12.4 Å². The second-order valence-corrected chi connectivity index (χ2v) is 6.17. The van der Waals surface area contributed by atoms with E-state index in [1.807, 2.05) is 24.3 Å². The van der Waals surface area contributed by atoms with Crippen LogP contribution in [-0.2, 0) is 0 Å². The molecule has 1 aromatic heterocycles. The number of nitrogens with one attached hydrogen (secondary N) is 1. The van der Waals surface area contributed by atoms with Crippen molar-refractivity contribution in [2.24, 2.45) is 0 Å². The van der Waals surface area contributed by atoms with E-state index in [1.54, 1.807) is 36.1 Å². The molecule has 0 saturated carbocycles. The van der Waals surface area contributed by atoms with Gasteiger partial charge in [-0.25, -0.2) is 4.68 Å². The SMILES string of the molecule is COc1cccc([C@H]2C[C@H](c3ccccc3OC(F)F)n3ncnc3N2)c1. The number of fused-ring (bicyclic) bond motifs is 1. The Hall–Kier alpha value is -3.16. The Morgan fingerprint density at radius 3 is 2.85 bits per heavy atom. The van der Waals surface area contributed by atoms with E-state index in [9.17, 15) is 8.78 Å². The normalized spacial score (nSPS) is 18.7. The monoisotopic (exact) mass is 372 g/mol. The lowest BCUT2D eigenvalue weighted by molar-refractivity contribution is -0.0507. The quantitative estimate of drug-likeness (QED) is 0.733. The van der Waals surface area contributed by atoms with Crippen molar-refractivity contribution >= 4 is 5.95 Å². The molecule has 2 atom stereocenters. The summed E-state index contributed by atoms with van der Waals surface area (Å²) in [6.45, 7) is -2.89. The van der Waals surface area contributed by atoms with Crippen LogP contribution in [0.1, 0.15) is 29.6 Å². The summed E-state index contributed by atoms with van der Waals surface area (Å²) in [5.74, 6) is 1.47. The van der Waals surface area contributed by atoms with Gasteiger partial charge in [-0.15, -0.1) is 0 Å². The van der Waals surface area contributed by atoms with Crippen LogP contribution in [0.25, 0.3) is 0 Å². The van der Waals surface area contributed by atoms with Crippen molar-refractivity contribution in [3.05, 3.63) is 66.0 Å². The molecule has 140 valence electrons. The molecule has 0 spiro atoms. The third-order valence-corrected chi connectivity index (χ3v) is 4.62. The lowest BCUT2D eigenvalue weighted by atomic mass is 9.93. The zero-order chi connectivity index (χ0) is 18.8. The van der Waals surface area contributed by atoms with Crippen LogP contribution in [0.2, 0.25) is 0 Å². The van der Waals surface area contributed by atoms with Crippen molar-refractivity contribution in [3.8, 4) is 11.5 Å². The van der Waals surface area contributed by atoms with Crippen LogP contribution in [0.5, 0.6) is 11.5 Å². The molecule has 1 N–H and O–H groups in total. The van der Waals surface area contributed by atoms with Gasteiger partial charge in [0.15, 0.2) is 0 Å². The summed E-state index contributed by atoms with van der Waals surface area (Å²) in [4.78, 5) is 4.26. The van der Waals surface area contributed by atoms with Crippen molar-refractivity contribution in [1.82, 2.24) is 14.8 Å². The Kier molecular flexibility index (Phi) is 4.62. The third kappa shape index (κ3) is 3.42. The fourth-order valence-corrected chi connectivity index (χ4v) is 3.41. The number of benzene rings is 2. The van der Waals surface area contributed by atoms with Gasteiger partial charge < -0.3 is 14.8 Å². The van der Waals surface area contributed by atoms with E-state index >= 15 is 0 Å². The van der Waals surface area contributed by atoms with Gasteiger partial charge in [-0.2, -0.15) is 18.9 Å². The molecule has 2 heterocycles. The number of halogens is 2. The van der Waals surface area contributed by atoms with Gasteiger partial charge in [0.25, 0.3) is 0 Å². The molecule has 0 amide bonds. The van der Waals surface area contributed by atoms with Crippen LogP contribution in [0.4, 0.5) is 14.7 Å². The highest BCUT2D eigenvalue weighted by Crippen LogP contribution is 2.41. The Balaban J connectivity index is 1.73. The lowest BCUT2D eigenvalue weighted by Crippen LogP contribution is -2.28. The first-order valence-electron chi connectivity index (χ1n) is 8.49. The molecule has 6 nitrogen and oxygen atoms in total. The molecule has 1 aliphatic rings. The van der Waals surface area contributed by atoms with Crippen LogP contribution < -0.4 is 14.8 Å². The van der Waals surface area contributed by atoms with Gasteiger partial charge in [0, 0.05) is 5.56 Å². The predicted molar refractivity (Wildman–Crippen MR) is 95.2 cm³/mol. The number of methoxy groups -OCH3 is 1. The zero-order valence-corrected chi connectivity index (χ0v) is 14.5. The first-order valence-corrected chi connectivity index (χ1v) is 8.49. The summed E-state index contributed by atoms with van der Waals surface area (Å²) < 4.78 is 37.4. The first kappa shape index (κ1) is 17.3. The summed E-state index contributed by atoms with van der Waals surface area (Å²) >= 11 is 0. The van der Waals surface area contributed by atoms with Crippen molar-refractivity contribution < 1.29 is 18.3 Å². The molecule has 0 unspecified atom stereocenters. The van der Waals surface area contributed by atoms with E-state index in [1.165, 1.54) is 6.33 Å². The van der Waals surface area contributed by atoms with Crippen molar-refractivity contribution in [2.45, 2.75) is 25.1 Å². The minimum Gasteiger partial charge on any atom is -0.497 e. The molecule has 0 bridgehead atoms. The predicted octanol–water partition coefficient (Wildman–Crippen LogP) is 4.03. The third-order valence-electron chi connectivity index (χ3n) is 4.62. The Morgan fingerprint density at radius 1 is 1.19 bits per heavy atom. The first-order chi connectivity index (χ1) is 13.2. The highest BCUT2D eigenvalue weighted by atomic mass is 19.3. The average Bonchev–Trinajstić information content (AvgIpc) is 3.16. The van der Waals surface area contributed by atoms with Crippen LogP contribution in [0.3, 0.4) is 0 Å². The van der Waals surface area contributed by atoms with Crippen LogP contribution in [0.15, 0.2) is 54.9 Å². The van der Waals surface area contributed by atoms with Gasteiger partial charge in [-0.1, -0.05) is 30.3 Å². The summed E-state index contributed by atoms with van der Waals surface area (Å²) in [7, 11) is 1.62. The number of nitrogens with zero attached hydrogens (tertiary/aromatic N) is 3. The number of rotatable bonds is 5. The molecule has 2 aromatic carbocycles. The minimum atomic E-state index is -2.89. The molecule has 4 rings (SSSR count). The highest BCUT2D eigenvalue weighted by Gasteiger charge is 2.32. The molecule has 3 aromatic rings. The molecule has 8 heteroatoms. The van der Waals surface area contributed by atoms with Gasteiger partial charge >= 0.3 is 6.61 Å². The maximum absolute atomic E-state index is 12.8. The average molecular weight is 372 g/mol. The molecule has 1 aliphatic heterocycles. The van der Waals surface area contributed by atoms with Crippen LogP contribution in [-0.4, -0.2) is 28.5 Å². The van der Waals surface area contributed by atoms with Crippen LogP contribution in [0, 0.1) is 0 Å². The summed E-state index contributed by atoms with van der Waals surface area (Å²) in [5.41, 5.74) is 1.65. The number of aromatic nitrogens is 3. The fraction of sp³-hybridized carbons (Fsp3) is 0.263. The minimum absolute atomic E-state index is 0.0820.